The van der Waals surface area contributed by atoms with E-state index < -0.39 is 4.92 Å². The minimum absolute atomic E-state index is 0.117. The van der Waals surface area contributed by atoms with Crippen molar-refractivity contribution in [3.63, 3.8) is 0 Å². The number of ether oxygens (including phenoxy) is 2. The number of hydrogen-bond donors (Lipinski definition) is 1. The van der Waals surface area contributed by atoms with Gasteiger partial charge in [-0.2, -0.15) is 4.68 Å². The van der Waals surface area contributed by atoms with Gasteiger partial charge >= 0.3 is 5.82 Å². The van der Waals surface area contributed by atoms with Gasteiger partial charge in [0.25, 0.3) is 0 Å². The number of carbonyl (C=O) groups excluding carboxylic acids is 1. The second-order valence-electron chi connectivity index (χ2n) is 4.97. The summed E-state index contributed by atoms with van der Waals surface area (Å²) in [6.07, 6.45) is 0. The molecular formula is C14H14N4O5. The van der Waals surface area contributed by atoms with Crippen LogP contribution < -0.4 is 14.8 Å². The lowest BCUT2D eigenvalue weighted by Crippen LogP contribution is -2.21. The molecule has 23 heavy (non-hydrogen) atoms. The van der Waals surface area contributed by atoms with Gasteiger partial charge in [0, 0.05) is 11.8 Å². The number of nitrogens with zero attached hydrogens (tertiary/aromatic N) is 3. The number of benzene rings is 1. The Hall–Kier alpha value is -3.10. The number of amides is 1. The van der Waals surface area contributed by atoms with Gasteiger partial charge in [-0.1, -0.05) is 0 Å². The van der Waals surface area contributed by atoms with Crippen LogP contribution in [-0.2, 0) is 11.3 Å². The van der Waals surface area contributed by atoms with Gasteiger partial charge in [-0.25, -0.2) is 0 Å². The highest BCUT2D eigenvalue weighted by Gasteiger charge is 2.18. The normalized spacial score (nSPS) is 12.7. The molecule has 9 heteroatoms. The number of anilines is 1. The summed E-state index contributed by atoms with van der Waals surface area (Å²) in [7, 11) is 0. The first-order valence-electron chi connectivity index (χ1n) is 6.91. The van der Waals surface area contributed by atoms with Crippen LogP contribution in [0.15, 0.2) is 24.3 Å². The molecule has 1 aliphatic heterocycles. The fraction of sp³-hybridized carbons (Fsp3) is 0.286. The summed E-state index contributed by atoms with van der Waals surface area (Å²) in [5.74, 6) is 0.574. The third-order valence-electron chi connectivity index (χ3n) is 3.27. The first kappa shape index (κ1) is 14.8. The van der Waals surface area contributed by atoms with E-state index in [-0.39, 0.29) is 18.3 Å². The molecule has 9 nitrogen and oxygen atoms in total. The van der Waals surface area contributed by atoms with Gasteiger partial charge in [0.15, 0.2) is 11.5 Å². The number of nitro groups is 1. The van der Waals surface area contributed by atoms with Crippen LogP contribution >= 0.6 is 0 Å². The number of aryl methyl sites for hydroxylation is 1. The maximum absolute atomic E-state index is 12.1. The van der Waals surface area contributed by atoms with E-state index in [1.54, 1.807) is 25.1 Å². The highest BCUT2D eigenvalue weighted by molar-refractivity contribution is 5.91. The molecule has 0 saturated heterocycles. The zero-order valence-corrected chi connectivity index (χ0v) is 12.3. The van der Waals surface area contributed by atoms with Crippen molar-refractivity contribution in [2.75, 3.05) is 18.5 Å². The van der Waals surface area contributed by atoms with E-state index >= 15 is 0 Å². The molecule has 1 aromatic carbocycles. The van der Waals surface area contributed by atoms with Crippen molar-refractivity contribution in [2.24, 2.45) is 0 Å². The van der Waals surface area contributed by atoms with Gasteiger partial charge < -0.3 is 24.9 Å². The molecule has 0 unspecified atom stereocenters. The molecule has 2 heterocycles. The summed E-state index contributed by atoms with van der Waals surface area (Å²) < 4.78 is 12.1. The van der Waals surface area contributed by atoms with E-state index in [1.165, 1.54) is 10.7 Å². The summed E-state index contributed by atoms with van der Waals surface area (Å²) in [4.78, 5) is 22.2. The van der Waals surface area contributed by atoms with E-state index in [4.69, 9.17) is 9.47 Å². The third kappa shape index (κ3) is 3.23. The highest BCUT2D eigenvalue weighted by atomic mass is 16.6. The van der Waals surface area contributed by atoms with Crippen molar-refractivity contribution in [3.8, 4) is 11.5 Å². The molecule has 1 aromatic heterocycles. The van der Waals surface area contributed by atoms with Crippen molar-refractivity contribution in [1.82, 2.24) is 9.78 Å². The number of hydrogen-bond acceptors (Lipinski definition) is 6. The lowest BCUT2D eigenvalue weighted by molar-refractivity contribution is -0.389. The lowest BCUT2D eigenvalue weighted by atomic mass is 10.2. The molecule has 0 spiro atoms. The fourth-order valence-electron chi connectivity index (χ4n) is 2.20. The predicted molar refractivity (Wildman–Crippen MR) is 79.7 cm³/mol. The second-order valence-corrected chi connectivity index (χ2v) is 4.97. The molecule has 0 aliphatic carbocycles. The van der Waals surface area contributed by atoms with Crippen molar-refractivity contribution in [3.05, 3.63) is 40.1 Å². The summed E-state index contributed by atoms with van der Waals surface area (Å²) in [6, 6.07) is 6.40. The molecule has 0 atom stereocenters. The second kappa shape index (κ2) is 5.95. The van der Waals surface area contributed by atoms with Crippen molar-refractivity contribution < 1.29 is 19.2 Å². The van der Waals surface area contributed by atoms with Crippen LogP contribution in [0.5, 0.6) is 11.5 Å². The van der Waals surface area contributed by atoms with Crippen LogP contribution in [0.1, 0.15) is 5.69 Å². The topological polar surface area (TPSA) is 109 Å². The first-order chi connectivity index (χ1) is 11.0. The molecule has 0 fully saturated rings. The minimum Gasteiger partial charge on any atom is -0.486 e. The van der Waals surface area contributed by atoms with Crippen molar-refractivity contribution in [1.29, 1.82) is 0 Å². The molecule has 0 radical (unpaired) electrons. The molecule has 120 valence electrons. The van der Waals surface area contributed by atoms with Gasteiger partial charge in [0.05, 0.1) is 16.9 Å². The van der Waals surface area contributed by atoms with E-state index in [0.29, 0.717) is 36.1 Å². The molecule has 0 saturated carbocycles. The molecule has 1 aliphatic rings. The zero-order chi connectivity index (χ0) is 16.4. The van der Waals surface area contributed by atoms with Crippen LogP contribution in [0.2, 0.25) is 0 Å². The quantitative estimate of drug-likeness (QED) is 0.676. The predicted octanol–water partition coefficient (Wildman–Crippen LogP) is 1.51. The fourth-order valence-corrected chi connectivity index (χ4v) is 2.20. The molecule has 2 aromatic rings. The number of nitrogens with one attached hydrogen (secondary N) is 1. The van der Waals surface area contributed by atoms with E-state index in [2.05, 4.69) is 10.4 Å². The van der Waals surface area contributed by atoms with Gasteiger partial charge in [-0.15, -0.1) is 0 Å². The largest absolute Gasteiger partial charge is 0.486 e. The van der Waals surface area contributed by atoms with Crippen LogP contribution in [0.25, 0.3) is 0 Å². The Morgan fingerprint density at radius 3 is 2.78 bits per heavy atom. The van der Waals surface area contributed by atoms with Gasteiger partial charge in [0.2, 0.25) is 5.91 Å². The smallest absolute Gasteiger partial charge is 0.390 e. The highest BCUT2D eigenvalue weighted by Crippen LogP contribution is 2.32. The molecule has 1 N–H and O–H groups in total. The summed E-state index contributed by atoms with van der Waals surface area (Å²) >= 11 is 0. The first-order valence-corrected chi connectivity index (χ1v) is 6.91. The maximum Gasteiger partial charge on any atom is 0.390 e. The Morgan fingerprint density at radius 1 is 1.35 bits per heavy atom. The average Bonchev–Trinajstić information content (AvgIpc) is 2.88. The molecule has 1 amide bonds. The Morgan fingerprint density at radius 2 is 2.09 bits per heavy atom. The molecule has 3 rings (SSSR count). The van der Waals surface area contributed by atoms with Gasteiger partial charge in [-0.05, 0) is 24.0 Å². The Labute approximate surface area is 131 Å². The van der Waals surface area contributed by atoms with Crippen LogP contribution in [0.3, 0.4) is 0 Å². The Balaban J connectivity index is 1.69. The summed E-state index contributed by atoms with van der Waals surface area (Å²) in [5.41, 5.74) is 1.09. The Bertz CT molecular complexity index is 771. The number of fused-ring (bicyclic) bond motifs is 1. The van der Waals surface area contributed by atoms with E-state index in [9.17, 15) is 14.9 Å². The lowest BCUT2D eigenvalue weighted by Gasteiger charge is -2.18. The van der Waals surface area contributed by atoms with Crippen LogP contribution in [0, 0.1) is 17.0 Å². The SMILES string of the molecule is Cc1cc([N+](=O)[O-])nn1CC(=O)Nc1ccc2c(c1)OCCO2. The Kier molecular flexibility index (Phi) is 3.83. The van der Waals surface area contributed by atoms with E-state index in [1.807, 2.05) is 0 Å². The monoisotopic (exact) mass is 318 g/mol. The standard InChI is InChI=1S/C14H14N4O5/c1-9-6-13(18(20)21)16-17(9)8-14(19)15-10-2-3-11-12(7-10)23-5-4-22-11/h2-3,6-7H,4-5,8H2,1H3,(H,15,19). The number of rotatable bonds is 4. The van der Waals surface area contributed by atoms with E-state index in [0.717, 1.165) is 0 Å². The number of carbonyl (C=O) groups is 1. The summed E-state index contributed by atoms with van der Waals surface area (Å²) in [5, 5.41) is 17.2. The zero-order valence-electron chi connectivity index (χ0n) is 12.3. The average molecular weight is 318 g/mol. The van der Waals surface area contributed by atoms with Gasteiger partial charge in [-0.3, -0.25) is 4.79 Å². The van der Waals surface area contributed by atoms with Crippen molar-refractivity contribution in [2.45, 2.75) is 13.5 Å². The van der Waals surface area contributed by atoms with Gasteiger partial charge in [0.1, 0.15) is 19.8 Å². The molecular weight excluding hydrogens is 304 g/mol. The maximum atomic E-state index is 12.1. The molecule has 0 bridgehead atoms. The van der Waals surface area contributed by atoms with Crippen LogP contribution in [0.4, 0.5) is 11.5 Å². The minimum atomic E-state index is -0.595. The summed E-state index contributed by atoms with van der Waals surface area (Å²) in [6.45, 7) is 2.49. The number of aromatic nitrogens is 2. The third-order valence-corrected chi connectivity index (χ3v) is 3.27. The van der Waals surface area contributed by atoms with Crippen molar-refractivity contribution >= 4 is 17.4 Å². The van der Waals surface area contributed by atoms with Crippen LogP contribution in [-0.4, -0.2) is 33.8 Å².